The van der Waals surface area contributed by atoms with E-state index in [1.165, 1.54) is 27.4 Å². The van der Waals surface area contributed by atoms with E-state index in [0.29, 0.717) is 22.5 Å². The molecule has 7 nitrogen and oxygen atoms in total. The number of aryl methyl sites for hydroxylation is 1. The first-order valence-electron chi connectivity index (χ1n) is 10.3. The van der Waals surface area contributed by atoms with E-state index in [4.69, 9.17) is 10.6 Å². The van der Waals surface area contributed by atoms with Gasteiger partial charge in [-0.1, -0.05) is 55.9 Å². The molecule has 0 fully saturated rings. The molecule has 2 N–H and O–H groups in total. The number of hydrogen-bond donors (Lipinski definition) is 1. The van der Waals surface area contributed by atoms with Gasteiger partial charge in [-0.05, 0) is 36.1 Å². The van der Waals surface area contributed by atoms with Crippen LogP contribution in [-0.2, 0) is 17.9 Å². The van der Waals surface area contributed by atoms with Gasteiger partial charge in [-0.3, -0.25) is 4.79 Å². The molecule has 170 valence electrons. The molecule has 0 aliphatic heterocycles. The van der Waals surface area contributed by atoms with Gasteiger partial charge < -0.3 is 15.5 Å². The number of hydrogen-bond acceptors (Lipinski definition) is 6. The molecular formula is C23H28FN5O2S. The Balaban J connectivity index is 1.58. The Morgan fingerprint density at radius 1 is 1.25 bits per heavy atom. The lowest BCUT2D eigenvalue weighted by Crippen LogP contribution is -2.28. The van der Waals surface area contributed by atoms with Crippen molar-refractivity contribution in [1.29, 1.82) is 0 Å². The summed E-state index contributed by atoms with van der Waals surface area (Å²) in [6.07, 6.45) is 0. The van der Waals surface area contributed by atoms with E-state index in [1.54, 1.807) is 25.2 Å². The van der Waals surface area contributed by atoms with Gasteiger partial charge >= 0.3 is 0 Å². The number of amides is 1. The lowest BCUT2D eigenvalue weighted by atomic mass is 10.0. The number of carbonyl (C=O) groups excluding carboxylic acids is 1. The minimum absolute atomic E-state index is 0.108. The smallest absolute Gasteiger partial charge is 0.233 e. The van der Waals surface area contributed by atoms with Gasteiger partial charge in [-0.25, -0.2) is 9.07 Å². The fourth-order valence-electron chi connectivity index (χ4n) is 3.10. The van der Waals surface area contributed by atoms with Crippen LogP contribution in [0.4, 0.5) is 4.39 Å². The fraction of sp³-hybridized carbons (Fsp3) is 0.348. The zero-order valence-electron chi connectivity index (χ0n) is 18.7. The summed E-state index contributed by atoms with van der Waals surface area (Å²) < 4.78 is 21.1. The molecule has 0 radical (unpaired) electrons. The molecule has 2 aromatic carbocycles. The molecule has 1 aromatic heterocycles. The van der Waals surface area contributed by atoms with Gasteiger partial charge in [0.05, 0.1) is 5.75 Å². The maximum atomic E-state index is 13.8. The van der Waals surface area contributed by atoms with E-state index in [1.807, 2.05) is 13.0 Å². The van der Waals surface area contributed by atoms with Crippen LogP contribution in [0.3, 0.4) is 0 Å². The van der Waals surface area contributed by atoms with Crippen LogP contribution in [0.1, 0.15) is 42.3 Å². The van der Waals surface area contributed by atoms with Gasteiger partial charge in [0.25, 0.3) is 0 Å². The zero-order chi connectivity index (χ0) is 23.3. The fourth-order valence-corrected chi connectivity index (χ4v) is 3.91. The average Bonchev–Trinajstić information content (AvgIpc) is 3.11. The number of thioether (sulfide) groups is 1. The molecule has 3 rings (SSSR count). The number of nitrogens with zero attached hydrogens (tertiary/aromatic N) is 4. The van der Waals surface area contributed by atoms with E-state index >= 15 is 0 Å². The van der Waals surface area contributed by atoms with Crippen molar-refractivity contribution in [2.75, 3.05) is 18.6 Å². The Hall–Kier alpha value is -3.07. The molecule has 0 aliphatic rings. The minimum atomic E-state index is -0.333. The third-order valence-corrected chi connectivity index (χ3v) is 5.93. The summed E-state index contributed by atoms with van der Waals surface area (Å²) >= 11 is 1.18. The summed E-state index contributed by atoms with van der Waals surface area (Å²) in [5.74, 6) is 7.29. The summed E-state index contributed by atoms with van der Waals surface area (Å²) in [5.41, 5.74) is 2.68. The second kappa shape index (κ2) is 10.5. The zero-order valence-corrected chi connectivity index (χ0v) is 19.5. The lowest BCUT2D eigenvalue weighted by molar-refractivity contribution is -0.127. The first kappa shape index (κ1) is 23.6. The lowest BCUT2D eigenvalue weighted by Gasteiger charge is -2.17. The number of nitrogen functional groups attached to an aromatic ring is 1. The molecule has 1 heterocycles. The van der Waals surface area contributed by atoms with Crippen molar-refractivity contribution in [3.63, 3.8) is 0 Å². The molecular weight excluding hydrogens is 429 g/mol. The maximum Gasteiger partial charge on any atom is 0.233 e. The molecule has 32 heavy (non-hydrogen) atoms. The Bertz CT molecular complexity index is 1090. The highest BCUT2D eigenvalue weighted by Crippen LogP contribution is 2.28. The number of benzene rings is 2. The van der Waals surface area contributed by atoms with Crippen LogP contribution in [0.5, 0.6) is 5.75 Å². The highest BCUT2D eigenvalue weighted by Gasteiger charge is 2.17. The molecule has 1 amide bonds. The quantitative estimate of drug-likeness (QED) is 0.388. The first-order chi connectivity index (χ1) is 15.3. The molecule has 0 unspecified atom stereocenters. The van der Waals surface area contributed by atoms with Gasteiger partial charge in [0, 0.05) is 19.2 Å². The second-order valence-electron chi connectivity index (χ2n) is 7.88. The number of carbonyl (C=O) groups is 1. The van der Waals surface area contributed by atoms with Crippen LogP contribution < -0.4 is 10.6 Å². The summed E-state index contributed by atoms with van der Waals surface area (Å²) in [6, 6.07) is 12.5. The van der Waals surface area contributed by atoms with Crippen LogP contribution in [0.25, 0.3) is 0 Å². The summed E-state index contributed by atoms with van der Waals surface area (Å²) in [6.45, 7) is 6.58. The van der Waals surface area contributed by atoms with Crippen LogP contribution in [0.2, 0.25) is 0 Å². The largest absolute Gasteiger partial charge is 0.485 e. The van der Waals surface area contributed by atoms with E-state index in [2.05, 4.69) is 36.2 Å². The third-order valence-electron chi connectivity index (χ3n) is 5.00. The highest BCUT2D eigenvalue weighted by molar-refractivity contribution is 7.99. The Morgan fingerprint density at radius 2 is 2.00 bits per heavy atom. The SMILES string of the molecule is Cc1ccc(C(C)C)c(OCc2nnc(SCC(=O)N(C)Cc3ccccc3F)n2N)c1. The molecule has 0 aliphatic carbocycles. The van der Waals surface area contributed by atoms with Crippen LogP contribution >= 0.6 is 11.8 Å². The molecule has 0 saturated heterocycles. The molecule has 0 atom stereocenters. The molecule has 9 heteroatoms. The van der Waals surface area contributed by atoms with Gasteiger partial charge in [0.1, 0.15) is 18.2 Å². The van der Waals surface area contributed by atoms with Crippen molar-refractivity contribution in [1.82, 2.24) is 19.8 Å². The third kappa shape index (κ3) is 5.79. The van der Waals surface area contributed by atoms with Gasteiger partial charge in [0.15, 0.2) is 5.82 Å². The standard InChI is InChI=1S/C23H28FN5O2S/c1-15(2)18-10-9-16(3)11-20(18)31-13-21-26-27-23(29(21)25)32-14-22(30)28(4)12-17-7-5-6-8-19(17)24/h5-11,15H,12-14,25H2,1-4H3. The number of rotatable bonds is 9. The molecule has 0 spiro atoms. The number of halogens is 1. The summed E-state index contributed by atoms with van der Waals surface area (Å²) in [5, 5.41) is 8.58. The van der Waals surface area contributed by atoms with Crippen molar-refractivity contribution in [3.05, 3.63) is 70.8 Å². The number of nitrogens with two attached hydrogens (primary N) is 1. The summed E-state index contributed by atoms with van der Waals surface area (Å²) in [4.78, 5) is 13.9. The predicted molar refractivity (Wildman–Crippen MR) is 123 cm³/mol. The van der Waals surface area contributed by atoms with Gasteiger partial charge in [0.2, 0.25) is 11.1 Å². The first-order valence-corrected chi connectivity index (χ1v) is 11.3. The van der Waals surface area contributed by atoms with Crippen molar-refractivity contribution in [2.24, 2.45) is 0 Å². The van der Waals surface area contributed by atoms with Crippen LogP contribution in [0, 0.1) is 12.7 Å². The Kier molecular flexibility index (Phi) is 7.74. The van der Waals surface area contributed by atoms with Crippen molar-refractivity contribution in [3.8, 4) is 5.75 Å². The van der Waals surface area contributed by atoms with E-state index in [0.717, 1.165) is 16.9 Å². The minimum Gasteiger partial charge on any atom is -0.485 e. The van der Waals surface area contributed by atoms with Crippen molar-refractivity contribution >= 4 is 17.7 Å². The Labute approximate surface area is 191 Å². The number of ether oxygens (including phenoxy) is 1. The van der Waals surface area contributed by atoms with Crippen LogP contribution in [-0.4, -0.2) is 38.5 Å². The van der Waals surface area contributed by atoms with Gasteiger partial charge in [-0.15, -0.1) is 10.2 Å². The molecule has 3 aromatic rings. The van der Waals surface area contributed by atoms with E-state index in [-0.39, 0.29) is 30.6 Å². The Morgan fingerprint density at radius 3 is 2.72 bits per heavy atom. The van der Waals surface area contributed by atoms with E-state index < -0.39 is 0 Å². The second-order valence-corrected chi connectivity index (χ2v) is 8.83. The topological polar surface area (TPSA) is 86.3 Å². The molecule has 0 saturated carbocycles. The van der Waals surface area contributed by atoms with E-state index in [9.17, 15) is 9.18 Å². The van der Waals surface area contributed by atoms with Crippen LogP contribution in [0.15, 0.2) is 47.6 Å². The monoisotopic (exact) mass is 457 g/mol. The highest BCUT2D eigenvalue weighted by atomic mass is 32.2. The van der Waals surface area contributed by atoms with Crippen molar-refractivity contribution < 1.29 is 13.9 Å². The summed E-state index contributed by atoms with van der Waals surface area (Å²) in [7, 11) is 1.63. The molecule has 0 bridgehead atoms. The predicted octanol–water partition coefficient (Wildman–Crippen LogP) is 3.89. The maximum absolute atomic E-state index is 13.8. The van der Waals surface area contributed by atoms with Gasteiger partial charge in [-0.2, -0.15) is 0 Å². The normalized spacial score (nSPS) is 11.1. The van der Waals surface area contributed by atoms with Crippen molar-refractivity contribution in [2.45, 2.75) is 45.0 Å². The number of aromatic nitrogens is 3. The average molecular weight is 458 g/mol.